The second-order valence-corrected chi connectivity index (χ2v) is 4.61. The molecular weight excluding hydrogens is 291 g/mol. The average molecular weight is 302 g/mol. The van der Waals surface area contributed by atoms with Gasteiger partial charge in [0.1, 0.15) is 0 Å². The van der Waals surface area contributed by atoms with Gasteiger partial charge in [-0.3, -0.25) is 0 Å². The molecule has 0 aliphatic carbocycles. The first-order valence-electron chi connectivity index (χ1n) is 4.77. The van der Waals surface area contributed by atoms with Gasteiger partial charge in [-0.05, 0) is 24.7 Å². The molecule has 1 heterocycles. The summed E-state index contributed by atoms with van der Waals surface area (Å²) >= 11 is 9.46. The summed E-state index contributed by atoms with van der Waals surface area (Å²) in [6, 6.07) is 5.61. The van der Waals surface area contributed by atoms with Crippen LogP contribution in [-0.2, 0) is 6.42 Å². The summed E-state index contributed by atoms with van der Waals surface area (Å²) in [5.74, 6) is 0. The normalized spacial score (nSPS) is 10.7. The van der Waals surface area contributed by atoms with Gasteiger partial charge in [0.05, 0.1) is 22.6 Å². The lowest BCUT2D eigenvalue weighted by Crippen LogP contribution is -2.02. The van der Waals surface area contributed by atoms with Crippen LogP contribution >= 0.6 is 27.5 Å². The Morgan fingerprint density at radius 3 is 2.94 bits per heavy atom. The van der Waals surface area contributed by atoms with Crippen molar-refractivity contribution in [3.05, 3.63) is 39.6 Å². The van der Waals surface area contributed by atoms with E-state index in [-0.39, 0.29) is 0 Å². The van der Waals surface area contributed by atoms with Crippen LogP contribution in [0.4, 0.5) is 0 Å². The number of hydrogen-bond acceptors (Lipinski definition) is 3. The molecule has 0 atom stereocenters. The fraction of sp³-hybridized carbons (Fsp3) is 0.200. The molecule has 2 aromatic rings. The number of rotatable bonds is 3. The van der Waals surface area contributed by atoms with Crippen LogP contribution in [-0.4, -0.2) is 21.5 Å². The predicted molar refractivity (Wildman–Crippen MR) is 66.8 cm³/mol. The predicted octanol–water partition coefficient (Wildman–Crippen LogP) is 2.18. The van der Waals surface area contributed by atoms with E-state index in [1.54, 1.807) is 4.68 Å². The second-order valence-electron chi connectivity index (χ2n) is 3.29. The molecule has 0 amide bonds. The van der Waals surface area contributed by atoms with Crippen LogP contribution in [0.5, 0.6) is 0 Å². The zero-order valence-electron chi connectivity index (χ0n) is 8.40. The van der Waals surface area contributed by atoms with Crippen molar-refractivity contribution in [1.29, 1.82) is 0 Å². The Kier molecular flexibility index (Phi) is 3.58. The van der Waals surface area contributed by atoms with Crippen LogP contribution in [0.1, 0.15) is 5.69 Å². The highest BCUT2D eigenvalue weighted by Gasteiger charge is 2.06. The van der Waals surface area contributed by atoms with Gasteiger partial charge in [0, 0.05) is 10.9 Å². The highest BCUT2D eigenvalue weighted by molar-refractivity contribution is 9.10. The molecular formula is C10H10BrClN4. The van der Waals surface area contributed by atoms with Crippen LogP contribution in [0, 0.1) is 0 Å². The van der Waals surface area contributed by atoms with E-state index in [0.29, 0.717) is 18.0 Å². The third kappa shape index (κ3) is 2.42. The molecule has 0 bridgehead atoms. The van der Waals surface area contributed by atoms with Crippen molar-refractivity contribution >= 4 is 27.5 Å². The van der Waals surface area contributed by atoms with E-state index in [1.165, 1.54) is 0 Å². The second kappa shape index (κ2) is 4.95. The summed E-state index contributed by atoms with van der Waals surface area (Å²) in [5, 5.41) is 8.64. The molecule has 0 unspecified atom stereocenters. The van der Waals surface area contributed by atoms with E-state index in [9.17, 15) is 0 Å². The van der Waals surface area contributed by atoms with Crippen LogP contribution in [0.3, 0.4) is 0 Å². The molecule has 0 saturated carbocycles. The van der Waals surface area contributed by atoms with Crippen LogP contribution in [0.2, 0.25) is 5.02 Å². The van der Waals surface area contributed by atoms with Crippen molar-refractivity contribution in [2.45, 2.75) is 6.42 Å². The number of nitrogens with two attached hydrogens (primary N) is 1. The van der Waals surface area contributed by atoms with E-state index < -0.39 is 0 Å². The fourth-order valence-corrected chi connectivity index (χ4v) is 2.11. The van der Waals surface area contributed by atoms with Crippen molar-refractivity contribution in [3.63, 3.8) is 0 Å². The summed E-state index contributed by atoms with van der Waals surface area (Å²) in [6.07, 6.45) is 2.55. The molecule has 4 nitrogen and oxygen atoms in total. The summed E-state index contributed by atoms with van der Waals surface area (Å²) in [4.78, 5) is 0. The van der Waals surface area contributed by atoms with Crippen LogP contribution in [0.25, 0.3) is 5.69 Å². The molecule has 1 aromatic carbocycles. The Balaban J connectivity index is 2.35. The monoisotopic (exact) mass is 300 g/mol. The van der Waals surface area contributed by atoms with Gasteiger partial charge in [-0.25, -0.2) is 4.68 Å². The lowest BCUT2D eigenvalue weighted by atomic mass is 10.3. The average Bonchev–Trinajstić information content (AvgIpc) is 2.67. The first-order valence-corrected chi connectivity index (χ1v) is 5.94. The molecule has 2 N–H and O–H groups in total. The Morgan fingerprint density at radius 2 is 2.25 bits per heavy atom. The molecule has 84 valence electrons. The Hall–Kier alpha value is -0.910. The molecule has 2 rings (SSSR count). The van der Waals surface area contributed by atoms with Crippen molar-refractivity contribution in [2.24, 2.45) is 5.73 Å². The summed E-state index contributed by atoms with van der Waals surface area (Å²) in [7, 11) is 0. The number of benzene rings is 1. The first-order chi connectivity index (χ1) is 7.70. The largest absolute Gasteiger partial charge is 0.330 e. The van der Waals surface area contributed by atoms with E-state index in [0.717, 1.165) is 15.9 Å². The number of nitrogens with zero attached hydrogens (tertiary/aromatic N) is 3. The van der Waals surface area contributed by atoms with Crippen molar-refractivity contribution in [1.82, 2.24) is 15.0 Å². The smallest absolute Gasteiger partial charge is 0.0850 e. The minimum absolute atomic E-state index is 0.562. The molecule has 0 saturated heterocycles. The molecule has 0 fully saturated rings. The maximum absolute atomic E-state index is 6.11. The van der Waals surface area contributed by atoms with Gasteiger partial charge in [0.2, 0.25) is 0 Å². The van der Waals surface area contributed by atoms with E-state index >= 15 is 0 Å². The lowest BCUT2D eigenvalue weighted by Gasteiger charge is -2.02. The standard InChI is InChI=1S/C10H10BrClN4/c11-7-1-2-10(9(12)5-7)16-6-8(3-4-13)14-15-16/h1-2,5-6H,3-4,13H2. The third-order valence-corrected chi connectivity index (χ3v) is 2.89. The van der Waals surface area contributed by atoms with Crippen molar-refractivity contribution < 1.29 is 0 Å². The molecule has 0 aliphatic heterocycles. The number of hydrogen-bond donors (Lipinski definition) is 1. The van der Waals surface area contributed by atoms with Gasteiger partial charge in [-0.2, -0.15) is 0 Å². The Labute approximate surface area is 107 Å². The number of halogens is 2. The quantitative estimate of drug-likeness (QED) is 0.945. The Morgan fingerprint density at radius 1 is 1.44 bits per heavy atom. The molecule has 0 spiro atoms. The van der Waals surface area contributed by atoms with Crippen LogP contribution in [0.15, 0.2) is 28.9 Å². The van der Waals surface area contributed by atoms with Crippen molar-refractivity contribution in [2.75, 3.05) is 6.54 Å². The van der Waals surface area contributed by atoms with E-state index in [2.05, 4.69) is 26.2 Å². The van der Waals surface area contributed by atoms with Gasteiger partial charge < -0.3 is 5.73 Å². The third-order valence-electron chi connectivity index (χ3n) is 2.10. The zero-order chi connectivity index (χ0) is 11.5. The highest BCUT2D eigenvalue weighted by Crippen LogP contribution is 2.23. The van der Waals surface area contributed by atoms with Gasteiger partial charge in [0.25, 0.3) is 0 Å². The SMILES string of the molecule is NCCc1cn(-c2ccc(Br)cc2Cl)nn1. The molecule has 1 aromatic heterocycles. The summed E-state index contributed by atoms with van der Waals surface area (Å²) in [6.45, 7) is 0.562. The van der Waals surface area contributed by atoms with Crippen molar-refractivity contribution in [3.8, 4) is 5.69 Å². The Bertz CT molecular complexity index is 497. The molecule has 0 aliphatic rings. The van der Waals surface area contributed by atoms with E-state index in [1.807, 2.05) is 24.4 Å². The van der Waals surface area contributed by atoms with Gasteiger partial charge in [-0.15, -0.1) is 5.10 Å². The fourth-order valence-electron chi connectivity index (χ4n) is 1.35. The van der Waals surface area contributed by atoms with Gasteiger partial charge in [-0.1, -0.05) is 32.7 Å². The minimum atomic E-state index is 0.562. The molecule has 16 heavy (non-hydrogen) atoms. The van der Waals surface area contributed by atoms with Gasteiger partial charge in [0.15, 0.2) is 0 Å². The minimum Gasteiger partial charge on any atom is -0.330 e. The highest BCUT2D eigenvalue weighted by atomic mass is 79.9. The maximum Gasteiger partial charge on any atom is 0.0850 e. The molecule has 0 radical (unpaired) electrons. The first kappa shape index (κ1) is 11.6. The molecule has 6 heteroatoms. The van der Waals surface area contributed by atoms with Gasteiger partial charge >= 0.3 is 0 Å². The summed E-state index contributed by atoms with van der Waals surface area (Å²) in [5.41, 5.74) is 7.12. The zero-order valence-corrected chi connectivity index (χ0v) is 10.7. The lowest BCUT2D eigenvalue weighted by molar-refractivity contribution is 0.795. The van der Waals surface area contributed by atoms with Crippen LogP contribution < -0.4 is 5.73 Å². The summed E-state index contributed by atoms with van der Waals surface area (Å²) < 4.78 is 2.59. The maximum atomic E-state index is 6.11. The topological polar surface area (TPSA) is 56.7 Å². The van der Waals surface area contributed by atoms with E-state index in [4.69, 9.17) is 17.3 Å². The number of aromatic nitrogens is 3.